The topological polar surface area (TPSA) is 36.9 Å². The number of ether oxygens (including phenoxy) is 4. The van der Waals surface area contributed by atoms with Crippen LogP contribution in [0.3, 0.4) is 0 Å². The monoisotopic (exact) mass is 472 g/mol. The number of unbranched alkanes of at least 4 members (excludes halogenated alkanes) is 6. The predicted molar refractivity (Wildman–Crippen MR) is 125 cm³/mol. The Hall–Kier alpha value is 0.957. The molecule has 182 valence electrons. The summed E-state index contributed by atoms with van der Waals surface area (Å²) in [5.74, 6) is 0. The van der Waals surface area contributed by atoms with Crippen LogP contribution in [0.1, 0.15) is 105 Å². The van der Waals surface area contributed by atoms with Crippen molar-refractivity contribution in [2.45, 2.75) is 114 Å². The number of hydrogen-bond acceptors (Lipinski definition) is 4. The molecule has 0 heterocycles. The summed E-state index contributed by atoms with van der Waals surface area (Å²) >= 11 is 2.18. The summed E-state index contributed by atoms with van der Waals surface area (Å²) in [6.07, 6.45) is 14.6. The van der Waals surface area contributed by atoms with Crippen molar-refractivity contribution in [2.24, 2.45) is 0 Å². The second kappa shape index (κ2) is 28.0. The van der Waals surface area contributed by atoms with E-state index in [2.05, 4.69) is 42.7 Å². The summed E-state index contributed by atoms with van der Waals surface area (Å²) in [5.41, 5.74) is 0. The molecule has 0 aliphatic heterocycles. The normalized spacial score (nSPS) is 13.3. The Kier molecular flexibility index (Phi) is 30.9. The minimum Gasteiger partial charge on any atom is -0.0654 e. The second-order valence-corrected chi connectivity index (χ2v) is 9.96. The van der Waals surface area contributed by atoms with Gasteiger partial charge in [0.05, 0.1) is 0 Å². The summed E-state index contributed by atoms with van der Waals surface area (Å²) in [4.78, 5) is 1.33. The Morgan fingerprint density at radius 3 is 1.27 bits per heavy atom. The molecule has 0 rings (SSSR count). The fourth-order valence-electron chi connectivity index (χ4n) is 2.91. The molecule has 2 atom stereocenters. The van der Waals surface area contributed by atoms with E-state index in [1.165, 1.54) is 51.4 Å². The van der Waals surface area contributed by atoms with Gasteiger partial charge in [-0.3, -0.25) is 0 Å². The maximum absolute atomic E-state index is 5.57. The molecule has 2 unspecified atom stereocenters. The third-order valence-electron chi connectivity index (χ3n) is 4.70. The molecule has 0 aromatic heterocycles. The van der Waals surface area contributed by atoms with Crippen LogP contribution in [-0.2, 0) is 33.9 Å². The molecule has 0 saturated heterocycles. The maximum atomic E-state index is 5.57. The molecule has 0 spiro atoms. The molecule has 0 aliphatic rings. The van der Waals surface area contributed by atoms with Gasteiger partial charge in [-0.05, 0) is 0 Å². The molecule has 0 N–H and O–H groups in total. The number of hydrogen-bond donors (Lipinski definition) is 0. The van der Waals surface area contributed by atoms with Crippen LogP contribution < -0.4 is 0 Å². The second-order valence-electron chi connectivity index (χ2n) is 7.79. The molecule has 0 fully saturated rings. The van der Waals surface area contributed by atoms with Crippen LogP contribution in [0.4, 0.5) is 0 Å². The van der Waals surface area contributed by atoms with Gasteiger partial charge < -0.3 is 0 Å². The molecule has 0 aromatic rings. The zero-order valence-electron chi connectivity index (χ0n) is 20.8. The van der Waals surface area contributed by atoms with Crippen molar-refractivity contribution in [3.05, 3.63) is 0 Å². The minimum absolute atomic E-state index is 0. The van der Waals surface area contributed by atoms with Gasteiger partial charge in [0.1, 0.15) is 0 Å². The van der Waals surface area contributed by atoms with Crippen LogP contribution in [0.25, 0.3) is 0 Å². The smallest absolute Gasteiger partial charge is 0.0654 e. The molecule has 0 saturated carbocycles. The predicted octanol–water partition coefficient (Wildman–Crippen LogP) is 7.01. The molecule has 0 amide bonds. The Morgan fingerprint density at radius 1 is 0.533 bits per heavy atom. The van der Waals surface area contributed by atoms with Gasteiger partial charge in [-0.15, -0.1) is 0 Å². The van der Waals surface area contributed by atoms with Crippen LogP contribution in [0, 0.1) is 0 Å². The first kappa shape index (κ1) is 33.1. The summed E-state index contributed by atoms with van der Waals surface area (Å²) in [6, 6.07) is 0. The molecule has 4 nitrogen and oxygen atoms in total. The van der Waals surface area contributed by atoms with Crippen LogP contribution in [0.2, 0.25) is 9.63 Å². The van der Waals surface area contributed by atoms with Gasteiger partial charge in [0, 0.05) is 18.9 Å². The zero-order valence-corrected chi connectivity index (χ0v) is 21.8. The standard InChI is InChI=1S/2C12H25O2.Cu.Li/c2*1-3-5-7-9-11-14-12-13-10-8-6-4-2;;/h2*4H,3,5-12H2,1-2H3;;. The van der Waals surface area contributed by atoms with Crippen LogP contribution in [-0.4, -0.2) is 58.9 Å². The number of rotatable bonds is 24. The first-order valence-electron chi connectivity index (χ1n) is 12.0. The van der Waals surface area contributed by atoms with Gasteiger partial charge in [0.25, 0.3) is 0 Å². The van der Waals surface area contributed by atoms with Crippen molar-refractivity contribution in [3.8, 4) is 0 Å². The van der Waals surface area contributed by atoms with E-state index in [0.717, 1.165) is 52.1 Å². The minimum atomic E-state index is 0. The molecule has 1 radical (unpaired) electrons. The van der Waals surface area contributed by atoms with Crippen molar-refractivity contribution in [3.63, 3.8) is 0 Å². The van der Waals surface area contributed by atoms with E-state index in [1.54, 1.807) is 0 Å². The van der Waals surface area contributed by atoms with Gasteiger partial charge in [-0.1, -0.05) is 13.8 Å². The molecule has 0 aromatic carbocycles. The Bertz CT molecular complexity index is 283. The molecular weight excluding hydrogens is 423 g/mol. The third kappa shape index (κ3) is 27.0. The summed E-state index contributed by atoms with van der Waals surface area (Å²) in [7, 11) is 0. The van der Waals surface area contributed by atoms with E-state index in [0.29, 0.717) is 23.2 Å². The Morgan fingerprint density at radius 2 is 0.900 bits per heavy atom. The van der Waals surface area contributed by atoms with Crippen molar-refractivity contribution >= 4 is 18.9 Å². The van der Waals surface area contributed by atoms with E-state index in [1.807, 2.05) is 0 Å². The van der Waals surface area contributed by atoms with Crippen LogP contribution in [0.5, 0.6) is 0 Å². The fraction of sp³-hybridized carbons (Fsp3) is 1.00. The van der Waals surface area contributed by atoms with Gasteiger partial charge in [0.2, 0.25) is 0 Å². The molecule has 6 heteroatoms. The van der Waals surface area contributed by atoms with E-state index < -0.39 is 0 Å². The van der Waals surface area contributed by atoms with E-state index in [9.17, 15) is 0 Å². The first-order chi connectivity index (χ1) is 14.2. The van der Waals surface area contributed by atoms with E-state index >= 15 is 0 Å². The summed E-state index contributed by atoms with van der Waals surface area (Å²) in [5, 5.41) is 0. The van der Waals surface area contributed by atoms with Crippen LogP contribution in [0.15, 0.2) is 0 Å². The molecule has 0 aliphatic carbocycles. The fourth-order valence-corrected chi connectivity index (χ4v) is 4.52. The third-order valence-corrected chi connectivity index (χ3v) is 6.31. The zero-order chi connectivity index (χ0) is 21.4. The Balaban J connectivity index is 0. The summed E-state index contributed by atoms with van der Waals surface area (Å²) < 4.78 is 22.2. The summed E-state index contributed by atoms with van der Waals surface area (Å²) in [6.45, 7) is 13.3. The van der Waals surface area contributed by atoms with Crippen LogP contribution >= 0.6 is 0 Å². The quantitative estimate of drug-likeness (QED) is 0.0859. The average molecular weight is 473 g/mol. The molecular formula is C24H50CuLiO4. The van der Waals surface area contributed by atoms with Gasteiger partial charge in [-0.2, -0.15) is 0 Å². The van der Waals surface area contributed by atoms with Gasteiger partial charge in [0.15, 0.2) is 0 Å². The average Bonchev–Trinajstić information content (AvgIpc) is 2.70. The van der Waals surface area contributed by atoms with E-state index in [4.69, 9.17) is 18.9 Å². The van der Waals surface area contributed by atoms with Crippen molar-refractivity contribution in [1.29, 1.82) is 0 Å². The van der Waals surface area contributed by atoms with Gasteiger partial charge >= 0.3 is 174 Å². The molecule has 30 heavy (non-hydrogen) atoms. The Labute approximate surface area is 206 Å². The SMILES string of the molecule is CCCCCCOCOCCC[CH](C)[Cu][CH](C)CCCOCOCCCCCC.[Li]. The van der Waals surface area contributed by atoms with Crippen molar-refractivity contribution < 1.29 is 33.9 Å². The van der Waals surface area contributed by atoms with E-state index in [-0.39, 0.29) is 18.9 Å². The van der Waals surface area contributed by atoms with Crippen molar-refractivity contribution in [2.75, 3.05) is 40.0 Å². The molecule has 0 bridgehead atoms. The first-order valence-corrected chi connectivity index (χ1v) is 13.1. The van der Waals surface area contributed by atoms with Crippen molar-refractivity contribution in [1.82, 2.24) is 0 Å². The van der Waals surface area contributed by atoms with Gasteiger partial charge in [-0.25, -0.2) is 0 Å².